The Bertz CT molecular complexity index is 564. The Morgan fingerprint density at radius 3 is 2.89 bits per heavy atom. The summed E-state index contributed by atoms with van der Waals surface area (Å²) in [7, 11) is 0. The van der Waals surface area contributed by atoms with Gasteiger partial charge in [-0.1, -0.05) is 0 Å². The Hall–Kier alpha value is -0.660. The molecule has 2 rings (SSSR count). The predicted octanol–water partition coefficient (Wildman–Crippen LogP) is 3.21. The highest BCUT2D eigenvalue weighted by Gasteiger charge is 2.12. The van der Waals surface area contributed by atoms with Crippen LogP contribution >= 0.6 is 43.2 Å². The van der Waals surface area contributed by atoms with Gasteiger partial charge in [-0.15, -0.1) is 11.3 Å². The van der Waals surface area contributed by atoms with Crippen LogP contribution in [0.4, 0.5) is 0 Å². The van der Waals surface area contributed by atoms with Gasteiger partial charge < -0.3 is 5.32 Å². The highest BCUT2D eigenvalue weighted by atomic mass is 79.9. The van der Waals surface area contributed by atoms with Crippen molar-refractivity contribution in [3.63, 3.8) is 0 Å². The minimum Gasteiger partial charge on any atom is -0.350 e. The van der Waals surface area contributed by atoms with Crippen molar-refractivity contribution in [2.24, 2.45) is 0 Å². The Labute approximate surface area is 126 Å². The first kappa shape index (κ1) is 13.8. The van der Waals surface area contributed by atoms with Crippen molar-refractivity contribution in [1.29, 1.82) is 0 Å². The quantitative estimate of drug-likeness (QED) is 0.868. The first-order valence-corrected chi connectivity index (χ1v) is 7.68. The second-order valence-electron chi connectivity index (χ2n) is 3.77. The summed E-state index contributed by atoms with van der Waals surface area (Å²) in [6, 6.07) is 1.81. The minimum absolute atomic E-state index is 0.0762. The molecule has 0 aliphatic rings. The van der Waals surface area contributed by atoms with E-state index in [9.17, 15) is 4.79 Å². The van der Waals surface area contributed by atoms with Crippen molar-refractivity contribution in [1.82, 2.24) is 15.1 Å². The van der Waals surface area contributed by atoms with Gasteiger partial charge in [0.25, 0.3) is 5.91 Å². The first-order valence-electron chi connectivity index (χ1n) is 5.28. The van der Waals surface area contributed by atoms with Crippen molar-refractivity contribution >= 4 is 49.1 Å². The summed E-state index contributed by atoms with van der Waals surface area (Å²) in [5, 5.41) is 7.02. The number of amides is 1. The van der Waals surface area contributed by atoms with E-state index in [0.29, 0.717) is 18.7 Å². The van der Waals surface area contributed by atoms with Crippen LogP contribution in [0.1, 0.15) is 15.9 Å². The van der Waals surface area contributed by atoms with Crippen LogP contribution in [0.25, 0.3) is 0 Å². The summed E-state index contributed by atoms with van der Waals surface area (Å²) in [5.41, 5.74) is 1.77. The van der Waals surface area contributed by atoms with Gasteiger partial charge in [0.05, 0.1) is 25.9 Å². The summed E-state index contributed by atoms with van der Waals surface area (Å²) in [4.78, 5) is 11.9. The molecule has 0 unspecified atom stereocenters. The van der Waals surface area contributed by atoms with Crippen LogP contribution < -0.4 is 5.32 Å². The van der Waals surface area contributed by atoms with Crippen molar-refractivity contribution in [2.45, 2.75) is 13.5 Å². The molecule has 18 heavy (non-hydrogen) atoms. The largest absolute Gasteiger partial charge is 0.350 e. The molecule has 2 heterocycles. The fraction of sp³-hybridized carbons (Fsp3) is 0.273. The number of carbonyl (C=O) groups excluding carboxylic acids is 1. The van der Waals surface area contributed by atoms with Gasteiger partial charge >= 0.3 is 0 Å². The zero-order valence-electron chi connectivity index (χ0n) is 9.61. The number of aryl methyl sites for hydroxylation is 1. The second-order valence-corrected chi connectivity index (χ2v) is 7.52. The third kappa shape index (κ3) is 3.43. The van der Waals surface area contributed by atoms with Gasteiger partial charge in [-0.2, -0.15) is 5.10 Å². The molecule has 2 aromatic rings. The van der Waals surface area contributed by atoms with Crippen LogP contribution in [0.2, 0.25) is 0 Å². The number of hydrogen-bond donors (Lipinski definition) is 1. The molecule has 0 atom stereocenters. The number of halogens is 2. The van der Waals surface area contributed by atoms with Gasteiger partial charge in [-0.3, -0.25) is 9.48 Å². The Kier molecular flexibility index (Phi) is 4.58. The first-order chi connectivity index (χ1) is 8.56. The normalized spacial score (nSPS) is 10.6. The number of rotatable bonds is 4. The van der Waals surface area contributed by atoms with Gasteiger partial charge in [0.15, 0.2) is 0 Å². The van der Waals surface area contributed by atoms with E-state index in [1.54, 1.807) is 6.20 Å². The average Bonchev–Trinajstić information content (AvgIpc) is 2.85. The Morgan fingerprint density at radius 2 is 2.33 bits per heavy atom. The fourth-order valence-electron chi connectivity index (χ4n) is 1.46. The molecule has 0 bridgehead atoms. The van der Waals surface area contributed by atoms with Crippen LogP contribution in [0, 0.1) is 6.92 Å². The zero-order valence-corrected chi connectivity index (χ0v) is 13.6. The third-order valence-corrected chi connectivity index (χ3v) is 4.63. The molecular weight excluding hydrogens is 382 g/mol. The molecule has 0 saturated heterocycles. The highest BCUT2D eigenvalue weighted by Crippen LogP contribution is 2.31. The number of nitrogens with zero attached hydrogens (tertiary/aromatic N) is 2. The lowest BCUT2D eigenvalue weighted by Crippen LogP contribution is -2.27. The number of hydrogen-bond acceptors (Lipinski definition) is 3. The van der Waals surface area contributed by atoms with E-state index < -0.39 is 0 Å². The monoisotopic (exact) mass is 391 g/mol. The maximum atomic E-state index is 11.9. The van der Waals surface area contributed by atoms with Crippen molar-refractivity contribution < 1.29 is 4.79 Å². The molecule has 4 nitrogen and oxygen atoms in total. The topological polar surface area (TPSA) is 46.9 Å². The van der Waals surface area contributed by atoms with E-state index in [-0.39, 0.29) is 5.91 Å². The van der Waals surface area contributed by atoms with E-state index in [1.165, 1.54) is 11.3 Å². The van der Waals surface area contributed by atoms with Crippen LogP contribution in [0.5, 0.6) is 0 Å². The van der Waals surface area contributed by atoms with Gasteiger partial charge in [-0.25, -0.2) is 0 Å². The Balaban J connectivity index is 1.87. The molecule has 0 spiro atoms. The van der Waals surface area contributed by atoms with E-state index in [0.717, 1.165) is 13.1 Å². The lowest BCUT2D eigenvalue weighted by Gasteiger charge is -2.04. The average molecular weight is 393 g/mol. The van der Waals surface area contributed by atoms with Crippen molar-refractivity contribution in [2.75, 3.05) is 6.54 Å². The van der Waals surface area contributed by atoms with Gasteiger partial charge in [0.1, 0.15) is 0 Å². The maximum Gasteiger partial charge on any atom is 0.253 e. The van der Waals surface area contributed by atoms with Crippen LogP contribution in [-0.2, 0) is 6.54 Å². The molecule has 0 aliphatic heterocycles. The van der Waals surface area contributed by atoms with Crippen LogP contribution in [0.3, 0.4) is 0 Å². The van der Waals surface area contributed by atoms with Crippen molar-refractivity contribution in [3.8, 4) is 0 Å². The van der Waals surface area contributed by atoms with E-state index in [1.807, 2.05) is 23.9 Å². The maximum absolute atomic E-state index is 11.9. The molecule has 0 aromatic carbocycles. The number of carbonyl (C=O) groups is 1. The van der Waals surface area contributed by atoms with Gasteiger partial charge in [0.2, 0.25) is 0 Å². The minimum atomic E-state index is -0.0762. The molecule has 0 aliphatic carbocycles. The lowest BCUT2D eigenvalue weighted by molar-refractivity contribution is 0.0951. The summed E-state index contributed by atoms with van der Waals surface area (Å²) < 4.78 is 3.58. The molecule has 7 heteroatoms. The van der Waals surface area contributed by atoms with Gasteiger partial charge in [0, 0.05) is 12.7 Å². The van der Waals surface area contributed by atoms with Crippen LogP contribution in [0.15, 0.2) is 26.0 Å². The molecule has 96 valence electrons. The summed E-state index contributed by atoms with van der Waals surface area (Å²) in [6.45, 7) is 3.21. The van der Waals surface area contributed by atoms with E-state index in [4.69, 9.17) is 0 Å². The van der Waals surface area contributed by atoms with E-state index >= 15 is 0 Å². The molecule has 2 aromatic heterocycles. The van der Waals surface area contributed by atoms with Crippen LogP contribution in [-0.4, -0.2) is 22.2 Å². The van der Waals surface area contributed by atoms with E-state index in [2.05, 4.69) is 42.3 Å². The summed E-state index contributed by atoms with van der Waals surface area (Å²) in [5.74, 6) is -0.0762. The SMILES string of the molecule is Cc1cnn(CCNC(=O)c2cc(Br)sc2Br)c1. The Morgan fingerprint density at radius 1 is 1.56 bits per heavy atom. The smallest absolute Gasteiger partial charge is 0.253 e. The summed E-state index contributed by atoms with van der Waals surface area (Å²) >= 11 is 8.21. The number of nitrogens with one attached hydrogen (secondary N) is 1. The van der Waals surface area contributed by atoms with Crippen molar-refractivity contribution in [3.05, 3.63) is 37.2 Å². The molecule has 1 amide bonds. The van der Waals surface area contributed by atoms with Gasteiger partial charge in [-0.05, 0) is 50.4 Å². The number of thiophene rings is 1. The molecule has 0 radical (unpaired) electrons. The molecular formula is C11H11Br2N3OS. The summed E-state index contributed by atoms with van der Waals surface area (Å²) in [6.07, 6.45) is 3.75. The fourth-order valence-corrected chi connectivity index (χ4v) is 4.26. The second kappa shape index (κ2) is 5.99. The molecule has 0 saturated carbocycles. The zero-order chi connectivity index (χ0) is 13.1. The highest BCUT2D eigenvalue weighted by molar-refractivity contribution is 9.12. The third-order valence-electron chi connectivity index (χ3n) is 2.29. The number of aromatic nitrogens is 2. The lowest BCUT2D eigenvalue weighted by atomic mass is 10.3. The molecule has 1 N–H and O–H groups in total. The predicted molar refractivity (Wildman–Crippen MR) is 79.0 cm³/mol. The molecule has 0 fully saturated rings. The standard InChI is InChI=1S/C11H11Br2N3OS/c1-7-5-15-16(6-7)3-2-14-11(17)8-4-9(12)18-10(8)13/h4-6H,2-3H2,1H3,(H,14,17).